The Balaban J connectivity index is 1.09. The van der Waals surface area contributed by atoms with Crippen molar-refractivity contribution in [2.75, 3.05) is 4.90 Å². The van der Waals surface area contributed by atoms with Crippen molar-refractivity contribution in [3.63, 3.8) is 0 Å². The van der Waals surface area contributed by atoms with Gasteiger partial charge in [-0.15, -0.1) is 0 Å². The van der Waals surface area contributed by atoms with Crippen LogP contribution in [0.1, 0.15) is 45.8 Å². The zero-order valence-electron chi connectivity index (χ0n) is 18.8. The lowest BCUT2D eigenvalue weighted by Crippen LogP contribution is -2.40. The molecule has 2 aromatic rings. The van der Waals surface area contributed by atoms with Crippen molar-refractivity contribution in [3.8, 4) is 0 Å². The molecular formula is C28H26N2O3. The van der Waals surface area contributed by atoms with Crippen LogP contribution in [-0.4, -0.2) is 22.6 Å². The van der Waals surface area contributed by atoms with Crippen LogP contribution in [0.5, 0.6) is 0 Å². The average Bonchev–Trinajstić information content (AvgIpc) is 3.74. The van der Waals surface area contributed by atoms with E-state index in [1.807, 2.05) is 38.1 Å². The average molecular weight is 439 g/mol. The van der Waals surface area contributed by atoms with Crippen LogP contribution < -0.4 is 4.90 Å². The molecule has 0 radical (unpaired) electrons. The number of imide groups is 1. The van der Waals surface area contributed by atoms with Crippen LogP contribution in [-0.2, 0) is 9.59 Å². The first kappa shape index (κ1) is 19.4. The monoisotopic (exact) mass is 438 g/mol. The van der Waals surface area contributed by atoms with Gasteiger partial charge in [-0.25, -0.2) is 9.88 Å². The molecule has 8 rings (SSSR count). The van der Waals surface area contributed by atoms with Crippen LogP contribution >= 0.6 is 0 Å². The summed E-state index contributed by atoms with van der Waals surface area (Å²) in [6.07, 6.45) is 8.10. The minimum atomic E-state index is -0.207. The van der Waals surface area contributed by atoms with Crippen LogP contribution in [0.3, 0.4) is 0 Å². The van der Waals surface area contributed by atoms with Crippen molar-refractivity contribution >= 4 is 23.4 Å². The number of pyridine rings is 1. The van der Waals surface area contributed by atoms with Gasteiger partial charge in [0.25, 0.3) is 0 Å². The molecule has 8 unspecified atom stereocenters. The molecule has 4 fully saturated rings. The SMILES string of the molecule is Cc1ccc(C(=O)C2CC2c2ccc(N3C(=O)C4C5C=CC(C6CC56)C4C3=O)nc2)cc1C. The first-order valence-electron chi connectivity index (χ1n) is 12.1. The van der Waals surface area contributed by atoms with Crippen LogP contribution in [0.15, 0.2) is 48.7 Å². The molecule has 8 atom stereocenters. The van der Waals surface area contributed by atoms with Crippen molar-refractivity contribution in [1.29, 1.82) is 0 Å². The van der Waals surface area contributed by atoms with Gasteiger partial charge >= 0.3 is 0 Å². The molecule has 1 aliphatic heterocycles. The van der Waals surface area contributed by atoms with Gasteiger partial charge in [-0.1, -0.05) is 30.4 Å². The first-order valence-corrected chi connectivity index (χ1v) is 12.1. The van der Waals surface area contributed by atoms with E-state index >= 15 is 0 Å². The summed E-state index contributed by atoms with van der Waals surface area (Å²) in [7, 11) is 0. The van der Waals surface area contributed by atoms with E-state index in [4.69, 9.17) is 0 Å². The molecule has 6 aliphatic rings. The number of Topliss-reactive ketones (excluding diaryl/α,β-unsaturated/α-hetero) is 1. The number of allylic oxidation sites excluding steroid dienone is 2. The normalized spacial score (nSPS) is 37.2. The van der Waals surface area contributed by atoms with Crippen LogP contribution in [0, 0.1) is 55.3 Å². The zero-order valence-corrected chi connectivity index (χ0v) is 18.8. The number of ketones is 1. The predicted molar refractivity (Wildman–Crippen MR) is 123 cm³/mol. The topological polar surface area (TPSA) is 67.3 Å². The van der Waals surface area contributed by atoms with Gasteiger partial charge in [0, 0.05) is 17.7 Å². The van der Waals surface area contributed by atoms with Crippen LogP contribution in [0.25, 0.3) is 0 Å². The van der Waals surface area contributed by atoms with Crippen molar-refractivity contribution in [3.05, 3.63) is 70.9 Å². The molecule has 5 aliphatic carbocycles. The Bertz CT molecular complexity index is 1230. The number of aryl methyl sites for hydroxylation is 2. The number of nitrogens with zero attached hydrogens (tertiary/aromatic N) is 2. The predicted octanol–water partition coefficient (Wildman–Crippen LogP) is 4.24. The maximum absolute atomic E-state index is 13.3. The highest BCUT2D eigenvalue weighted by Gasteiger charge is 2.67. The van der Waals surface area contributed by atoms with Crippen molar-refractivity contribution in [1.82, 2.24) is 4.98 Å². The second-order valence-electron chi connectivity index (χ2n) is 10.7. The number of hydrogen-bond acceptors (Lipinski definition) is 4. The fraction of sp³-hybridized carbons (Fsp3) is 0.429. The molecule has 166 valence electrons. The Morgan fingerprint density at radius 2 is 1.61 bits per heavy atom. The summed E-state index contributed by atoms with van der Waals surface area (Å²) in [5.41, 5.74) is 4.09. The highest BCUT2D eigenvalue weighted by atomic mass is 16.2. The van der Waals surface area contributed by atoms with Crippen molar-refractivity contribution in [2.24, 2.45) is 41.4 Å². The molecule has 0 spiro atoms. The summed E-state index contributed by atoms with van der Waals surface area (Å²) in [5, 5.41) is 0. The van der Waals surface area contributed by atoms with E-state index in [1.165, 1.54) is 10.5 Å². The summed E-state index contributed by atoms with van der Waals surface area (Å²) in [5.74, 6) is 1.78. The van der Waals surface area contributed by atoms with Gasteiger partial charge in [-0.3, -0.25) is 14.4 Å². The number of hydrogen-bond donors (Lipinski definition) is 0. The van der Waals surface area contributed by atoms with E-state index in [1.54, 1.807) is 12.3 Å². The molecule has 1 saturated heterocycles. The third-order valence-electron chi connectivity index (χ3n) is 9.01. The Morgan fingerprint density at radius 1 is 0.909 bits per heavy atom. The van der Waals surface area contributed by atoms with Gasteiger partial charge in [0.15, 0.2) is 5.78 Å². The van der Waals surface area contributed by atoms with Gasteiger partial charge in [-0.05, 0) is 85.1 Å². The van der Waals surface area contributed by atoms with Gasteiger partial charge in [0.05, 0.1) is 11.8 Å². The fourth-order valence-corrected chi connectivity index (χ4v) is 6.89. The number of amides is 2. The minimum Gasteiger partial charge on any atom is -0.294 e. The number of anilines is 1. The molecule has 2 amide bonds. The summed E-state index contributed by atoms with van der Waals surface area (Å²) in [6, 6.07) is 9.62. The lowest BCUT2D eigenvalue weighted by Gasteiger charge is -2.37. The summed E-state index contributed by atoms with van der Waals surface area (Å²) >= 11 is 0. The van der Waals surface area contributed by atoms with E-state index < -0.39 is 0 Å². The van der Waals surface area contributed by atoms with Crippen LogP contribution in [0.4, 0.5) is 5.82 Å². The molecular weight excluding hydrogens is 412 g/mol. The smallest absolute Gasteiger partial charge is 0.239 e. The zero-order chi connectivity index (χ0) is 22.6. The van der Waals surface area contributed by atoms with Gasteiger partial charge in [0.2, 0.25) is 11.8 Å². The maximum Gasteiger partial charge on any atom is 0.239 e. The Morgan fingerprint density at radius 3 is 2.21 bits per heavy atom. The van der Waals surface area contributed by atoms with E-state index in [2.05, 4.69) is 17.1 Å². The van der Waals surface area contributed by atoms with E-state index in [0.717, 1.165) is 29.5 Å². The van der Waals surface area contributed by atoms with E-state index in [-0.39, 0.29) is 53.1 Å². The Kier molecular flexibility index (Phi) is 3.82. The molecule has 1 aromatic carbocycles. The van der Waals surface area contributed by atoms with E-state index in [0.29, 0.717) is 17.7 Å². The molecule has 2 bridgehead atoms. The minimum absolute atomic E-state index is 0.0221. The second kappa shape index (κ2) is 6.49. The molecule has 5 heteroatoms. The Hall–Kier alpha value is -3.08. The van der Waals surface area contributed by atoms with Gasteiger partial charge in [0.1, 0.15) is 5.82 Å². The lowest BCUT2D eigenvalue weighted by molar-refractivity contribution is -0.124. The third kappa shape index (κ3) is 2.65. The third-order valence-corrected chi connectivity index (χ3v) is 9.01. The van der Waals surface area contributed by atoms with Gasteiger partial charge < -0.3 is 0 Å². The number of carbonyl (C=O) groups is 3. The quantitative estimate of drug-likeness (QED) is 0.407. The molecule has 33 heavy (non-hydrogen) atoms. The summed E-state index contributed by atoms with van der Waals surface area (Å²) in [6.45, 7) is 4.08. The Labute approximate surface area is 192 Å². The number of rotatable bonds is 4. The molecule has 1 aromatic heterocycles. The van der Waals surface area contributed by atoms with Crippen molar-refractivity contribution < 1.29 is 14.4 Å². The number of aromatic nitrogens is 1. The largest absolute Gasteiger partial charge is 0.294 e. The standard InChI is InChI=1S/C28H26N2O3/c1-13-3-4-15(9-14(13)2)26(31)22-10-19(22)16-5-8-23(29-12-16)30-27(32)24-17-6-7-18(21-11-20(17)21)25(24)28(30)33/h3-9,12,17-22,24-25H,10-11H2,1-2H3. The lowest BCUT2D eigenvalue weighted by atomic mass is 9.63. The molecule has 3 saturated carbocycles. The summed E-state index contributed by atoms with van der Waals surface area (Å²) < 4.78 is 0. The fourth-order valence-electron chi connectivity index (χ4n) is 6.89. The first-order chi connectivity index (χ1) is 15.9. The highest BCUT2D eigenvalue weighted by molar-refractivity contribution is 6.22. The maximum atomic E-state index is 13.3. The molecule has 5 nitrogen and oxygen atoms in total. The highest BCUT2D eigenvalue weighted by Crippen LogP contribution is 2.65. The van der Waals surface area contributed by atoms with Crippen molar-refractivity contribution in [2.45, 2.75) is 32.6 Å². The van der Waals surface area contributed by atoms with E-state index in [9.17, 15) is 14.4 Å². The van der Waals surface area contributed by atoms with Crippen LogP contribution in [0.2, 0.25) is 0 Å². The number of benzene rings is 1. The molecule has 0 N–H and O–H groups in total. The summed E-state index contributed by atoms with van der Waals surface area (Å²) in [4.78, 5) is 45.3. The van der Waals surface area contributed by atoms with Gasteiger partial charge in [-0.2, -0.15) is 0 Å². The number of carbonyl (C=O) groups excluding carboxylic acids is 3. The second-order valence-corrected chi connectivity index (χ2v) is 10.7. The molecule has 2 heterocycles.